The Hall–Kier alpha value is -3.35. The number of carbonyl (C=O) groups is 3. The number of para-hydroxylation sites is 1. The number of esters is 1. The number of anilines is 1. The molecule has 0 fully saturated rings. The third-order valence-corrected chi connectivity index (χ3v) is 3.85. The van der Waals surface area contributed by atoms with Crippen LogP contribution in [0.5, 0.6) is 5.75 Å². The number of phenolic OH excluding ortho intramolecular Hbond substituents is 1. The minimum absolute atomic E-state index is 0.0339. The molecule has 2 aromatic rings. The van der Waals surface area contributed by atoms with Crippen molar-refractivity contribution in [3.63, 3.8) is 0 Å². The highest BCUT2D eigenvalue weighted by Gasteiger charge is 2.14. The number of aryl methyl sites for hydroxylation is 3. The zero-order valence-electron chi connectivity index (χ0n) is 15.5. The van der Waals surface area contributed by atoms with Gasteiger partial charge in [-0.1, -0.05) is 29.8 Å². The average Bonchev–Trinajstić information content (AvgIpc) is 2.61. The molecule has 7 nitrogen and oxygen atoms in total. The topological polar surface area (TPSA) is 105 Å². The van der Waals surface area contributed by atoms with Crippen LogP contribution in [0.25, 0.3) is 0 Å². The number of aromatic hydroxyl groups is 1. The maximum Gasteiger partial charge on any atom is 0.342 e. The summed E-state index contributed by atoms with van der Waals surface area (Å²) in [6.07, 6.45) is 0. The fraction of sp³-hybridized carbons (Fsp3) is 0.250. The van der Waals surface area contributed by atoms with Gasteiger partial charge in [-0.2, -0.15) is 0 Å². The molecular weight excluding hydrogens is 348 g/mol. The Balaban J connectivity index is 1.81. The Morgan fingerprint density at radius 2 is 1.63 bits per heavy atom. The first-order valence-corrected chi connectivity index (χ1v) is 8.37. The van der Waals surface area contributed by atoms with Crippen LogP contribution in [0.2, 0.25) is 0 Å². The van der Waals surface area contributed by atoms with E-state index in [0.717, 1.165) is 16.7 Å². The highest BCUT2D eigenvalue weighted by atomic mass is 16.5. The van der Waals surface area contributed by atoms with Crippen molar-refractivity contribution in [2.75, 3.05) is 18.5 Å². The normalized spacial score (nSPS) is 10.2. The molecule has 2 rings (SSSR count). The SMILES string of the molecule is Cc1cc(C)c(NC(=O)CNC(=O)COC(=O)c2ccccc2O)c(C)c1. The van der Waals surface area contributed by atoms with Gasteiger partial charge in [0, 0.05) is 5.69 Å². The summed E-state index contributed by atoms with van der Waals surface area (Å²) < 4.78 is 4.83. The highest BCUT2D eigenvalue weighted by molar-refractivity contribution is 5.97. The third-order valence-electron chi connectivity index (χ3n) is 3.85. The molecule has 0 bridgehead atoms. The molecule has 0 spiro atoms. The molecule has 0 aromatic heterocycles. The molecule has 3 N–H and O–H groups in total. The number of amides is 2. The predicted molar refractivity (Wildman–Crippen MR) is 101 cm³/mol. The summed E-state index contributed by atoms with van der Waals surface area (Å²) in [5, 5.41) is 14.7. The molecule has 0 aliphatic carbocycles. The second-order valence-electron chi connectivity index (χ2n) is 6.19. The van der Waals surface area contributed by atoms with Gasteiger partial charge in [0.25, 0.3) is 5.91 Å². The van der Waals surface area contributed by atoms with Gasteiger partial charge >= 0.3 is 5.97 Å². The number of nitrogens with one attached hydrogen (secondary N) is 2. The first kappa shape index (κ1) is 20.0. The van der Waals surface area contributed by atoms with Crippen molar-refractivity contribution in [1.29, 1.82) is 0 Å². The van der Waals surface area contributed by atoms with Crippen molar-refractivity contribution < 1.29 is 24.2 Å². The minimum Gasteiger partial charge on any atom is -0.507 e. The molecule has 0 saturated carbocycles. The highest BCUT2D eigenvalue weighted by Crippen LogP contribution is 2.21. The molecule has 0 radical (unpaired) electrons. The maximum absolute atomic E-state index is 12.0. The molecule has 0 heterocycles. The molecule has 0 saturated heterocycles. The van der Waals surface area contributed by atoms with E-state index in [2.05, 4.69) is 10.6 Å². The van der Waals surface area contributed by atoms with Gasteiger partial charge in [0.1, 0.15) is 11.3 Å². The zero-order chi connectivity index (χ0) is 20.0. The van der Waals surface area contributed by atoms with Crippen LogP contribution in [0.15, 0.2) is 36.4 Å². The van der Waals surface area contributed by atoms with Crippen LogP contribution in [-0.4, -0.2) is 36.0 Å². The molecule has 142 valence electrons. The van der Waals surface area contributed by atoms with Gasteiger partial charge in [0.15, 0.2) is 6.61 Å². The van der Waals surface area contributed by atoms with E-state index in [1.54, 1.807) is 12.1 Å². The second kappa shape index (κ2) is 8.84. The van der Waals surface area contributed by atoms with Gasteiger partial charge in [-0.15, -0.1) is 0 Å². The summed E-state index contributed by atoms with van der Waals surface area (Å²) >= 11 is 0. The number of hydrogen-bond acceptors (Lipinski definition) is 5. The minimum atomic E-state index is -0.821. The Labute approximate surface area is 157 Å². The third kappa shape index (κ3) is 5.57. The Bertz CT molecular complexity index is 853. The number of rotatable bonds is 6. The summed E-state index contributed by atoms with van der Waals surface area (Å²) in [6.45, 7) is 4.96. The van der Waals surface area contributed by atoms with E-state index in [1.165, 1.54) is 12.1 Å². The summed E-state index contributed by atoms with van der Waals surface area (Å²) in [5.74, 6) is -2.05. The molecule has 27 heavy (non-hydrogen) atoms. The molecule has 0 atom stereocenters. The van der Waals surface area contributed by atoms with Gasteiger partial charge in [0.05, 0.1) is 6.54 Å². The van der Waals surface area contributed by atoms with E-state index in [9.17, 15) is 19.5 Å². The van der Waals surface area contributed by atoms with Crippen molar-refractivity contribution in [2.45, 2.75) is 20.8 Å². The van der Waals surface area contributed by atoms with E-state index < -0.39 is 18.5 Å². The van der Waals surface area contributed by atoms with Crippen molar-refractivity contribution >= 4 is 23.5 Å². The lowest BCUT2D eigenvalue weighted by atomic mass is 10.1. The van der Waals surface area contributed by atoms with Crippen molar-refractivity contribution in [3.8, 4) is 5.75 Å². The number of benzene rings is 2. The Kier molecular flexibility index (Phi) is 6.54. The lowest BCUT2D eigenvalue weighted by Crippen LogP contribution is -2.35. The van der Waals surface area contributed by atoms with Gasteiger partial charge in [-0.25, -0.2) is 4.79 Å². The van der Waals surface area contributed by atoms with E-state index in [4.69, 9.17) is 4.74 Å². The average molecular weight is 370 g/mol. The van der Waals surface area contributed by atoms with Crippen LogP contribution in [0, 0.1) is 20.8 Å². The number of carbonyl (C=O) groups excluding carboxylic acids is 3. The molecule has 0 aliphatic heterocycles. The summed E-state index contributed by atoms with van der Waals surface area (Å²) in [7, 11) is 0. The van der Waals surface area contributed by atoms with Crippen LogP contribution >= 0.6 is 0 Å². The van der Waals surface area contributed by atoms with Crippen LogP contribution in [0.4, 0.5) is 5.69 Å². The smallest absolute Gasteiger partial charge is 0.342 e. The van der Waals surface area contributed by atoms with Crippen molar-refractivity contribution in [2.24, 2.45) is 0 Å². The van der Waals surface area contributed by atoms with Crippen LogP contribution < -0.4 is 10.6 Å². The fourth-order valence-corrected chi connectivity index (χ4v) is 2.65. The van der Waals surface area contributed by atoms with Gasteiger partial charge < -0.3 is 20.5 Å². The van der Waals surface area contributed by atoms with Crippen molar-refractivity contribution in [1.82, 2.24) is 5.32 Å². The van der Waals surface area contributed by atoms with Crippen LogP contribution in [0.3, 0.4) is 0 Å². The largest absolute Gasteiger partial charge is 0.507 e. The number of phenols is 1. The molecule has 0 aliphatic rings. The van der Waals surface area contributed by atoms with Crippen LogP contribution in [0.1, 0.15) is 27.0 Å². The lowest BCUT2D eigenvalue weighted by Gasteiger charge is -2.13. The molecule has 2 amide bonds. The van der Waals surface area contributed by atoms with Gasteiger partial charge in [-0.05, 0) is 44.0 Å². The van der Waals surface area contributed by atoms with Crippen LogP contribution in [-0.2, 0) is 14.3 Å². The second-order valence-corrected chi connectivity index (χ2v) is 6.19. The first-order valence-electron chi connectivity index (χ1n) is 8.37. The monoisotopic (exact) mass is 370 g/mol. The number of ether oxygens (including phenoxy) is 1. The molecular formula is C20H22N2O5. The van der Waals surface area contributed by atoms with Gasteiger partial charge in [0.2, 0.25) is 5.91 Å². The fourth-order valence-electron chi connectivity index (χ4n) is 2.65. The van der Waals surface area contributed by atoms with E-state index >= 15 is 0 Å². The Morgan fingerprint density at radius 1 is 1.00 bits per heavy atom. The van der Waals surface area contributed by atoms with E-state index in [1.807, 2.05) is 32.9 Å². The standard InChI is InChI=1S/C20H22N2O5/c1-12-8-13(2)19(14(3)9-12)22-17(24)10-21-18(25)11-27-20(26)15-6-4-5-7-16(15)23/h4-9,23H,10-11H2,1-3H3,(H,21,25)(H,22,24). The number of hydrogen-bond donors (Lipinski definition) is 3. The summed E-state index contributed by atoms with van der Waals surface area (Å²) in [4.78, 5) is 35.6. The Morgan fingerprint density at radius 3 is 2.26 bits per heavy atom. The first-order chi connectivity index (χ1) is 12.8. The van der Waals surface area contributed by atoms with E-state index in [-0.39, 0.29) is 23.8 Å². The van der Waals surface area contributed by atoms with Gasteiger partial charge in [-0.3, -0.25) is 9.59 Å². The zero-order valence-corrected chi connectivity index (χ0v) is 15.5. The molecule has 2 aromatic carbocycles. The van der Waals surface area contributed by atoms with Crippen molar-refractivity contribution in [3.05, 3.63) is 58.7 Å². The summed E-state index contributed by atoms with van der Waals surface area (Å²) in [6, 6.07) is 9.77. The van der Waals surface area contributed by atoms with E-state index in [0.29, 0.717) is 5.69 Å². The maximum atomic E-state index is 12.0. The summed E-state index contributed by atoms with van der Waals surface area (Å²) in [5.41, 5.74) is 3.65. The lowest BCUT2D eigenvalue weighted by molar-refractivity contribution is -0.126. The molecule has 7 heteroatoms. The quantitative estimate of drug-likeness (QED) is 0.677. The predicted octanol–water partition coefficient (Wildman–Crippen LogP) is 2.23. The molecule has 0 unspecified atom stereocenters.